The smallest absolute Gasteiger partial charge is 0.267 e. The second-order valence-corrected chi connectivity index (χ2v) is 5.53. The molecule has 0 saturated heterocycles. The minimum atomic E-state index is -4.99. The molecule has 130 valence electrons. The number of hydrogen-bond acceptors (Lipinski definition) is 3. The predicted molar refractivity (Wildman–Crippen MR) is 61.4 cm³/mol. The van der Waals surface area contributed by atoms with Crippen molar-refractivity contribution in [2.45, 2.75) is 43.5 Å². The van der Waals surface area contributed by atoms with Crippen LogP contribution in [-0.4, -0.2) is 62.4 Å². The molecule has 0 saturated carbocycles. The molecular weight excluding hydrogens is 335 g/mol. The summed E-state index contributed by atoms with van der Waals surface area (Å²) in [5, 5.41) is 0. The van der Waals surface area contributed by atoms with Gasteiger partial charge in [-0.15, -0.1) is 0 Å². The zero-order chi connectivity index (χ0) is 16.1. The van der Waals surface area contributed by atoms with Crippen molar-refractivity contribution >= 4 is 10.1 Å². The van der Waals surface area contributed by atoms with Crippen molar-refractivity contribution in [2.24, 2.45) is 0 Å². The van der Waals surface area contributed by atoms with Crippen LogP contribution in [0.3, 0.4) is 0 Å². The van der Waals surface area contributed by atoms with Crippen LogP contribution < -0.4 is 6.15 Å². The SMILES string of the molecule is N.O=S(=O)(O)CC(F)C(F)C(F)C(F)C(F)C(F)CCF. The van der Waals surface area contributed by atoms with Gasteiger partial charge in [-0.1, -0.05) is 0 Å². The van der Waals surface area contributed by atoms with Gasteiger partial charge >= 0.3 is 0 Å². The highest BCUT2D eigenvalue weighted by molar-refractivity contribution is 7.85. The maximum Gasteiger partial charge on any atom is 0.267 e. The lowest BCUT2D eigenvalue weighted by atomic mass is 10.0. The molecule has 0 aliphatic carbocycles. The molecule has 0 rings (SSSR count). The minimum Gasteiger partial charge on any atom is -0.344 e. The van der Waals surface area contributed by atoms with Crippen LogP contribution in [0.5, 0.6) is 0 Å². The molecule has 0 spiro atoms. The van der Waals surface area contributed by atoms with Gasteiger partial charge in [-0.05, 0) is 0 Å². The van der Waals surface area contributed by atoms with Crippen LogP contribution in [0.1, 0.15) is 6.42 Å². The zero-order valence-electron chi connectivity index (χ0n) is 10.6. The molecule has 4 nitrogen and oxygen atoms in total. The van der Waals surface area contributed by atoms with Crippen molar-refractivity contribution < 1.29 is 43.7 Å². The van der Waals surface area contributed by atoms with E-state index in [-0.39, 0.29) is 6.15 Å². The Hall–Kier alpha value is -0.620. The highest BCUT2D eigenvalue weighted by Crippen LogP contribution is 2.25. The highest BCUT2D eigenvalue weighted by atomic mass is 32.2. The molecule has 0 radical (unpaired) electrons. The Morgan fingerprint density at radius 1 is 0.810 bits per heavy atom. The number of alkyl halides is 7. The van der Waals surface area contributed by atoms with Gasteiger partial charge in [0.15, 0.2) is 30.9 Å². The summed E-state index contributed by atoms with van der Waals surface area (Å²) in [7, 11) is -4.99. The van der Waals surface area contributed by atoms with Crippen LogP contribution in [0.4, 0.5) is 30.7 Å². The van der Waals surface area contributed by atoms with Gasteiger partial charge in [0, 0.05) is 6.42 Å². The summed E-state index contributed by atoms with van der Waals surface area (Å²) in [6.45, 7) is -1.36. The molecule has 12 heteroatoms. The molecule has 0 amide bonds. The fourth-order valence-electron chi connectivity index (χ4n) is 1.31. The number of rotatable bonds is 9. The van der Waals surface area contributed by atoms with E-state index in [9.17, 15) is 39.2 Å². The summed E-state index contributed by atoms with van der Waals surface area (Å²) < 4.78 is 118. The van der Waals surface area contributed by atoms with Crippen molar-refractivity contribution in [3.05, 3.63) is 0 Å². The summed E-state index contributed by atoms with van der Waals surface area (Å²) in [5.41, 5.74) is 0. The second-order valence-electron chi connectivity index (χ2n) is 4.04. The summed E-state index contributed by atoms with van der Waals surface area (Å²) in [5.74, 6) is -1.86. The van der Waals surface area contributed by atoms with Crippen molar-refractivity contribution in [1.29, 1.82) is 0 Å². The summed E-state index contributed by atoms with van der Waals surface area (Å²) in [6, 6.07) is 0. The molecule has 0 heterocycles. The first-order chi connectivity index (χ1) is 9.01. The topological polar surface area (TPSA) is 89.4 Å². The minimum absolute atomic E-state index is 0. The third kappa shape index (κ3) is 7.81. The Morgan fingerprint density at radius 3 is 1.52 bits per heavy atom. The van der Waals surface area contributed by atoms with E-state index in [1.54, 1.807) is 0 Å². The first-order valence-corrected chi connectivity index (χ1v) is 6.97. The van der Waals surface area contributed by atoms with Gasteiger partial charge in [-0.3, -0.25) is 8.94 Å². The van der Waals surface area contributed by atoms with Crippen molar-refractivity contribution in [2.75, 3.05) is 12.4 Å². The maximum atomic E-state index is 13.1. The molecule has 21 heavy (non-hydrogen) atoms. The van der Waals surface area contributed by atoms with Gasteiger partial charge in [0.05, 0.1) is 6.67 Å². The quantitative estimate of drug-likeness (QED) is 0.493. The lowest BCUT2D eigenvalue weighted by molar-refractivity contribution is -0.0188. The van der Waals surface area contributed by atoms with Crippen molar-refractivity contribution in [1.82, 2.24) is 6.15 Å². The molecule has 0 aromatic carbocycles. The molecule has 4 N–H and O–H groups in total. The number of halogens is 7. The molecule has 6 atom stereocenters. The van der Waals surface area contributed by atoms with E-state index in [2.05, 4.69) is 0 Å². The Kier molecular flexibility index (Phi) is 10.2. The fourth-order valence-corrected chi connectivity index (χ4v) is 1.89. The average molecular weight is 351 g/mol. The van der Waals surface area contributed by atoms with Crippen molar-refractivity contribution in [3.63, 3.8) is 0 Å². The molecule has 0 fully saturated rings. The summed E-state index contributed by atoms with van der Waals surface area (Å²) in [6.07, 6.45) is -20.6. The fraction of sp³-hybridized carbons (Fsp3) is 1.00. The van der Waals surface area contributed by atoms with Crippen LogP contribution in [0.2, 0.25) is 0 Å². The maximum absolute atomic E-state index is 13.1. The van der Waals surface area contributed by atoms with E-state index in [0.29, 0.717) is 0 Å². The lowest BCUT2D eigenvalue weighted by Crippen LogP contribution is -2.44. The molecular formula is C9H16F7NO3S. The van der Waals surface area contributed by atoms with Gasteiger partial charge in [-0.2, -0.15) is 8.42 Å². The standard InChI is InChI=1S/C9H13F7O3S.H3N/c10-2-1-4(11)6(13)8(15)9(16)7(14)5(12)3-20(17,18)19;/h4-9H,1-3H2,(H,17,18,19);1H3. The van der Waals surface area contributed by atoms with E-state index >= 15 is 0 Å². The van der Waals surface area contributed by atoms with E-state index in [4.69, 9.17) is 4.55 Å². The van der Waals surface area contributed by atoms with Crippen molar-refractivity contribution in [3.8, 4) is 0 Å². The zero-order valence-corrected chi connectivity index (χ0v) is 11.4. The molecule has 0 aliphatic heterocycles. The predicted octanol–water partition coefficient (Wildman–Crippen LogP) is 2.42. The molecule has 0 aliphatic rings. The van der Waals surface area contributed by atoms with Crippen LogP contribution in [0.25, 0.3) is 0 Å². The Labute approximate surface area is 117 Å². The van der Waals surface area contributed by atoms with E-state index in [1.807, 2.05) is 0 Å². The first kappa shape index (κ1) is 22.7. The highest BCUT2D eigenvalue weighted by Gasteiger charge is 2.44. The average Bonchev–Trinajstić information content (AvgIpc) is 2.33. The van der Waals surface area contributed by atoms with Crippen LogP contribution in [0.15, 0.2) is 0 Å². The third-order valence-corrected chi connectivity index (χ3v) is 3.10. The molecule has 0 bridgehead atoms. The van der Waals surface area contributed by atoms with E-state index < -0.39 is 66.0 Å². The molecule has 6 unspecified atom stereocenters. The Balaban J connectivity index is 0. The molecule has 0 aromatic heterocycles. The number of hydrogen-bond donors (Lipinski definition) is 2. The Morgan fingerprint density at radius 2 is 1.19 bits per heavy atom. The van der Waals surface area contributed by atoms with Crippen LogP contribution >= 0.6 is 0 Å². The molecule has 0 aromatic rings. The van der Waals surface area contributed by atoms with Gasteiger partial charge in [0.2, 0.25) is 0 Å². The first-order valence-electron chi connectivity index (χ1n) is 5.36. The van der Waals surface area contributed by atoms with Gasteiger partial charge in [0.25, 0.3) is 10.1 Å². The second kappa shape index (κ2) is 9.41. The van der Waals surface area contributed by atoms with Crippen LogP contribution in [0, 0.1) is 0 Å². The van der Waals surface area contributed by atoms with Gasteiger partial charge < -0.3 is 6.15 Å². The summed E-state index contributed by atoms with van der Waals surface area (Å²) >= 11 is 0. The normalized spacial score (nSPS) is 20.8. The van der Waals surface area contributed by atoms with Gasteiger partial charge in [0.1, 0.15) is 11.9 Å². The van der Waals surface area contributed by atoms with E-state index in [1.165, 1.54) is 0 Å². The van der Waals surface area contributed by atoms with Crippen LogP contribution in [-0.2, 0) is 10.1 Å². The van der Waals surface area contributed by atoms with E-state index in [0.717, 1.165) is 0 Å². The summed E-state index contributed by atoms with van der Waals surface area (Å²) in [4.78, 5) is 0. The monoisotopic (exact) mass is 351 g/mol. The third-order valence-electron chi connectivity index (χ3n) is 2.36. The van der Waals surface area contributed by atoms with Gasteiger partial charge in [-0.25, -0.2) is 26.3 Å². The largest absolute Gasteiger partial charge is 0.344 e. The lowest BCUT2D eigenvalue weighted by Gasteiger charge is -2.23. The Bertz CT molecular complexity index is 386.